The Balaban J connectivity index is 2.03. The molecule has 2 rings (SSSR count). The average molecular weight is 338 g/mol. The second-order valence-corrected chi connectivity index (χ2v) is 6.88. The summed E-state index contributed by atoms with van der Waals surface area (Å²) in [6, 6.07) is 13.9. The Labute approximate surface area is 124 Å². The molecule has 0 aliphatic carbocycles. The summed E-state index contributed by atoms with van der Waals surface area (Å²) < 4.78 is 13.0. The lowest BCUT2D eigenvalue weighted by Gasteiger charge is -2.06. The van der Waals surface area contributed by atoms with Crippen LogP contribution >= 0.6 is 15.9 Å². The van der Waals surface area contributed by atoms with E-state index in [1.54, 1.807) is 0 Å². The van der Waals surface area contributed by atoms with Crippen LogP contribution in [-0.2, 0) is 22.3 Å². The predicted molar refractivity (Wildman–Crippen MR) is 85.3 cm³/mol. The zero-order chi connectivity index (χ0) is 13.8. The number of nitrogens with two attached hydrogens (primary N) is 1. The lowest BCUT2D eigenvalue weighted by Crippen LogP contribution is -2.00. The minimum Gasteiger partial charge on any atom is -0.398 e. The molecule has 2 nitrogen and oxygen atoms in total. The van der Waals surface area contributed by atoms with Gasteiger partial charge in [-0.2, -0.15) is 0 Å². The topological polar surface area (TPSA) is 43.1 Å². The van der Waals surface area contributed by atoms with Gasteiger partial charge in [-0.1, -0.05) is 35.9 Å². The maximum absolute atomic E-state index is 12.1. The number of benzene rings is 2. The number of hydrogen-bond donors (Lipinski definition) is 1. The monoisotopic (exact) mass is 337 g/mol. The Bertz CT molecular complexity index is 613. The van der Waals surface area contributed by atoms with Crippen molar-refractivity contribution in [2.75, 3.05) is 5.73 Å². The molecular formula is C15H16BrNOS. The predicted octanol–water partition coefficient (Wildman–Crippen LogP) is 3.79. The number of hydrogen-bond acceptors (Lipinski definition) is 2. The van der Waals surface area contributed by atoms with Crippen molar-refractivity contribution in [3.8, 4) is 0 Å². The minimum atomic E-state index is -0.916. The van der Waals surface area contributed by atoms with Crippen molar-refractivity contribution in [1.82, 2.24) is 0 Å². The van der Waals surface area contributed by atoms with Gasteiger partial charge in [-0.25, -0.2) is 0 Å². The van der Waals surface area contributed by atoms with Crippen molar-refractivity contribution in [3.05, 3.63) is 63.6 Å². The number of halogens is 1. The summed E-state index contributed by atoms with van der Waals surface area (Å²) in [5, 5.41) is 0. The van der Waals surface area contributed by atoms with E-state index in [1.807, 2.05) is 43.3 Å². The minimum absolute atomic E-state index is 0.533. The van der Waals surface area contributed by atoms with E-state index in [-0.39, 0.29) is 0 Å². The summed E-state index contributed by atoms with van der Waals surface area (Å²) >= 11 is 3.36. The van der Waals surface area contributed by atoms with Crippen molar-refractivity contribution in [2.45, 2.75) is 18.4 Å². The van der Waals surface area contributed by atoms with Crippen LogP contribution < -0.4 is 5.73 Å². The van der Waals surface area contributed by atoms with Gasteiger partial charge in [0.05, 0.1) is 0 Å². The van der Waals surface area contributed by atoms with Gasteiger partial charge in [0.25, 0.3) is 0 Å². The zero-order valence-electron chi connectivity index (χ0n) is 10.7. The fourth-order valence-corrected chi connectivity index (χ4v) is 3.36. The maximum Gasteiger partial charge on any atom is 0.0489 e. The van der Waals surface area contributed by atoms with E-state index in [0.717, 1.165) is 15.6 Å². The van der Waals surface area contributed by atoms with E-state index in [2.05, 4.69) is 22.0 Å². The molecule has 0 fully saturated rings. The van der Waals surface area contributed by atoms with E-state index in [1.165, 1.54) is 5.56 Å². The summed E-state index contributed by atoms with van der Waals surface area (Å²) in [6.45, 7) is 2.04. The van der Waals surface area contributed by atoms with Gasteiger partial charge < -0.3 is 5.73 Å². The fourth-order valence-electron chi connectivity index (χ4n) is 1.91. The zero-order valence-corrected chi connectivity index (χ0v) is 13.1. The SMILES string of the molecule is Cc1cccc(CS(=O)Cc2ccc(Br)c(N)c2)c1. The quantitative estimate of drug-likeness (QED) is 0.862. The molecule has 0 saturated carbocycles. The lowest BCUT2D eigenvalue weighted by molar-refractivity contribution is 0.682. The van der Waals surface area contributed by atoms with Gasteiger partial charge in [-0.05, 0) is 46.1 Å². The summed E-state index contributed by atoms with van der Waals surface area (Å²) in [4.78, 5) is 0. The smallest absolute Gasteiger partial charge is 0.0489 e. The van der Waals surface area contributed by atoms with Crippen LogP contribution in [0.4, 0.5) is 5.69 Å². The Morgan fingerprint density at radius 3 is 2.42 bits per heavy atom. The van der Waals surface area contributed by atoms with Crippen LogP contribution in [0.2, 0.25) is 0 Å². The van der Waals surface area contributed by atoms with Crippen molar-refractivity contribution >= 4 is 32.4 Å². The van der Waals surface area contributed by atoms with Crippen molar-refractivity contribution in [1.29, 1.82) is 0 Å². The third-order valence-corrected chi connectivity index (χ3v) is 4.83. The Morgan fingerprint density at radius 1 is 1.11 bits per heavy atom. The molecule has 100 valence electrons. The summed E-state index contributed by atoms with van der Waals surface area (Å²) in [6.07, 6.45) is 0. The second kappa shape index (κ2) is 6.35. The van der Waals surface area contributed by atoms with Crippen LogP contribution in [0.15, 0.2) is 46.9 Å². The molecule has 2 aromatic carbocycles. The third kappa shape index (κ3) is 4.18. The molecule has 0 heterocycles. The molecule has 0 aliphatic heterocycles. The Hall–Kier alpha value is -1.13. The Morgan fingerprint density at radius 2 is 1.79 bits per heavy atom. The van der Waals surface area contributed by atoms with Gasteiger partial charge in [0.1, 0.15) is 0 Å². The largest absolute Gasteiger partial charge is 0.398 e. The molecule has 2 N–H and O–H groups in total. The van der Waals surface area contributed by atoms with E-state index < -0.39 is 10.8 Å². The highest BCUT2D eigenvalue weighted by molar-refractivity contribution is 9.10. The van der Waals surface area contributed by atoms with Gasteiger partial charge in [0, 0.05) is 32.5 Å². The van der Waals surface area contributed by atoms with Crippen LogP contribution in [0.3, 0.4) is 0 Å². The van der Waals surface area contributed by atoms with Crippen molar-refractivity contribution in [3.63, 3.8) is 0 Å². The van der Waals surface area contributed by atoms with Crippen LogP contribution in [0.1, 0.15) is 16.7 Å². The first-order valence-corrected chi connectivity index (χ1v) is 8.27. The number of rotatable bonds is 4. The Kier molecular flexibility index (Phi) is 4.77. The molecule has 0 bridgehead atoms. The average Bonchev–Trinajstić information content (AvgIpc) is 2.34. The van der Waals surface area contributed by atoms with E-state index in [9.17, 15) is 4.21 Å². The van der Waals surface area contributed by atoms with Gasteiger partial charge in [-0.3, -0.25) is 4.21 Å². The van der Waals surface area contributed by atoms with Crippen LogP contribution in [-0.4, -0.2) is 4.21 Å². The molecule has 2 aromatic rings. The lowest BCUT2D eigenvalue weighted by atomic mass is 10.2. The molecule has 1 unspecified atom stereocenters. The van der Waals surface area contributed by atoms with Gasteiger partial charge in [0.2, 0.25) is 0 Å². The standard InChI is InChI=1S/C15H16BrNOS/c1-11-3-2-4-12(7-11)9-19(18)10-13-5-6-14(16)15(17)8-13/h2-8H,9-10,17H2,1H3. The normalized spacial score (nSPS) is 12.3. The number of nitrogen functional groups attached to an aromatic ring is 1. The summed E-state index contributed by atoms with van der Waals surface area (Å²) in [5.74, 6) is 1.11. The highest BCUT2D eigenvalue weighted by Crippen LogP contribution is 2.21. The molecule has 19 heavy (non-hydrogen) atoms. The molecule has 0 aromatic heterocycles. The summed E-state index contributed by atoms with van der Waals surface area (Å²) in [7, 11) is -0.916. The maximum atomic E-state index is 12.1. The summed E-state index contributed by atoms with van der Waals surface area (Å²) in [5.41, 5.74) is 9.83. The van der Waals surface area contributed by atoms with Gasteiger partial charge in [0.15, 0.2) is 0 Å². The van der Waals surface area contributed by atoms with Crippen LogP contribution in [0.25, 0.3) is 0 Å². The van der Waals surface area contributed by atoms with Crippen LogP contribution in [0.5, 0.6) is 0 Å². The molecule has 0 spiro atoms. The van der Waals surface area contributed by atoms with Crippen LogP contribution in [0, 0.1) is 6.92 Å². The van der Waals surface area contributed by atoms with Crippen molar-refractivity contribution < 1.29 is 4.21 Å². The van der Waals surface area contributed by atoms with E-state index in [4.69, 9.17) is 5.73 Å². The molecule has 0 aliphatic rings. The van der Waals surface area contributed by atoms with E-state index in [0.29, 0.717) is 17.2 Å². The highest BCUT2D eigenvalue weighted by Gasteiger charge is 2.05. The molecular weight excluding hydrogens is 322 g/mol. The van der Waals surface area contributed by atoms with Gasteiger partial charge >= 0.3 is 0 Å². The molecule has 0 saturated heterocycles. The third-order valence-electron chi connectivity index (χ3n) is 2.80. The molecule has 4 heteroatoms. The second-order valence-electron chi connectivity index (χ2n) is 4.57. The first-order chi connectivity index (χ1) is 9.04. The first kappa shape index (κ1) is 14.3. The number of aryl methyl sites for hydroxylation is 1. The van der Waals surface area contributed by atoms with Crippen molar-refractivity contribution in [2.24, 2.45) is 0 Å². The molecule has 1 atom stereocenters. The van der Waals surface area contributed by atoms with Gasteiger partial charge in [-0.15, -0.1) is 0 Å². The highest BCUT2D eigenvalue weighted by atomic mass is 79.9. The molecule has 0 amide bonds. The number of anilines is 1. The molecule has 0 radical (unpaired) electrons. The van der Waals surface area contributed by atoms with E-state index >= 15 is 0 Å². The fraction of sp³-hybridized carbons (Fsp3) is 0.200. The first-order valence-electron chi connectivity index (χ1n) is 5.99.